The van der Waals surface area contributed by atoms with Crippen LogP contribution in [0.4, 0.5) is 0 Å². The van der Waals surface area contributed by atoms with Crippen LogP contribution in [0.25, 0.3) is 0 Å². The lowest BCUT2D eigenvalue weighted by atomic mass is 10.2. The van der Waals surface area contributed by atoms with Crippen LogP contribution in [0, 0.1) is 18.4 Å². The minimum atomic E-state index is 0.813. The summed E-state index contributed by atoms with van der Waals surface area (Å²) in [6.07, 6.45) is 15.4. The van der Waals surface area contributed by atoms with E-state index >= 15 is 0 Å². The van der Waals surface area contributed by atoms with Crippen LogP contribution in [0.5, 0.6) is 0 Å². The van der Waals surface area contributed by atoms with E-state index in [0.29, 0.717) is 0 Å². The molecule has 0 unspecified atom stereocenters. The first kappa shape index (κ1) is 4.84. The zero-order chi connectivity index (χ0) is 5.82. The molecule has 0 saturated heterocycles. The summed E-state index contributed by atoms with van der Waals surface area (Å²) >= 11 is 0. The molecule has 0 fully saturated rings. The van der Waals surface area contributed by atoms with Crippen molar-refractivity contribution in [3.05, 3.63) is 36.0 Å². The summed E-state index contributed by atoms with van der Waals surface area (Å²) in [6, 6.07) is 0. The van der Waals surface area contributed by atoms with Gasteiger partial charge >= 0.3 is 0 Å². The van der Waals surface area contributed by atoms with Gasteiger partial charge in [-0.1, -0.05) is 6.42 Å². The largest absolute Gasteiger partial charge is 0.206 e. The maximum absolute atomic E-state index is 5.07. The molecule has 0 aromatic carbocycles. The van der Waals surface area contributed by atoms with E-state index in [1.54, 1.807) is 6.08 Å². The minimum absolute atomic E-state index is 0.813. The Labute approximate surface area is 49.2 Å². The van der Waals surface area contributed by atoms with Gasteiger partial charge in [0, 0.05) is 18.2 Å². The Morgan fingerprint density at radius 1 is 1.50 bits per heavy atom. The quantitative estimate of drug-likeness (QED) is 0.320. The number of terminal acetylenes is 1. The highest BCUT2D eigenvalue weighted by molar-refractivity contribution is 5.39. The Kier molecular flexibility index (Phi) is 1.28. The Hall–Kier alpha value is -1.31. The maximum atomic E-state index is 5.07. The highest BCUT2D eigenvalue weighted by atomic mass is 13.9. The predicted octanol–water partition coefficient (Wildman–Crippen LogP) is 1.48. The molecule has 0 heterocycles. The summed E-state index contributed by atoms with van der Waals surface area (Å²) < 4.78 is 0. The summed E-state index contributed by atoms with van der Waals surface area (Å²) in [5.74, 6) is 2.47. The number of rotatable bonds is 0. The lowest BCUT2D eigenvalue weighted by Crippen LogP contribution is -1.73. The summed E-state index contributed by atoms with van der Waals surface area (Å²) in [4.78, 5) is 0. The molecule has 8 heavy (non-hydrogen) atoms. The van der Waals surface area contributed by atoms with E-state index < -0.39 is 0 Å². The molecule has 0 aromatic rings. The van der Waals surface area contributed by atoms with Gasteiger partial charge in [0.05, 0.1) is 18.1 Å². The van der Waals surface area contributed by atoms with Crippen LogP contribution in [0.3, 0.4) is 0 Å². The zero-order valence-corrected chi connectivity index (χ0v) is 4.39. The molecule has 0 nitrogen and oxygen atoms in total. The van der Waals surface area contributed by atoms with Crippen molar-refractivity contribution in [3.63, 3.8) is 0 Å². The molecule has 1 aliphatic rings. The van der Waals surface area contributed by atoms with Crippen LogP contribution >= 0.6 is 0 Å². The minimum Gasteiger partial charge on any atom is -0.0526 e. The molecular weight excluding hydrogens is 96.1 g/mol. The van der Waals surface area contributed by atoms with Crippen molar-refractivity contribution in [2.24, 2.45) is 0 Å². The molecule has 0 amide bonds. The first-order valence-corrected chi connectivity index (χ1v) is 2.37. The smallest absolute Gasteiger partial charge is 0.0526 e. The van der Waals surface area contributed by atoms with Crippen molar-refractivity contribution in [2.45, 2.75) is 0 Å². The second kappa shape index (κ2) is 2.12. The van der Waals surface area contributed by atoms with E-state index in [4.69, 9.17) is 6.42 Å². The molecular formula is C8H5+. The lowest BCUT2D eigenvalue weighted by Gasteiger charge is -1.76. The standard InChI is InChI=1S/C8H5/c1-2-8-6-4-3-5-7-8/h1,3-6H/q+1. The van der Waals surface area contributed by atoms with Gasteiger partial charge < -0.3 is 0 Å². The predicted molar refractivity (Wildman–Crippen MR) is 33.9 cm³/mol. The molecule has 0 saturated carbocycles. The molecule has 36 valence electrons. The van der Waals surface area contributed by atoms with Crippen molar-refractivity contribution in [2.75, 3.05) is 0 Å². The van der Waals surface area contributed by atoms with Gasteiger partial charge in [-0.3, -0.25) is 0 Å². The normalized spacial score (nSPS) is 14.1. The maximum Gasteiger partial charge on any atom is 0.206 e. The van der Waals surface area contributed by atoms with Crippen molar-refractivity contribution in [1.29, 1.82) is 0 Å². The molecule has 0 heteroatoms. The SMILES string of the molecule is C#CC1=CC=CC=[C+]1. The van der Waals surface area contributed by atoms with Gasteiger partial charge in [-0.2, -0.15) is 0 Å². The van der Waals surface area contributed by atoms with Gasteiger partial charge in [0.25, 0.3) is 0 Å². The Bertz CT molecular complexity index is 197. The fraction of sp³-hybridized carbons (Fsp3) is 0. The third-order valence-corrected chi connectivity index (χ3v) is 0.865. The Morgan fingerprint density at radius 2 is 2.38 bits per heavy atom. The topological polar surface area (TPSA) is 0 Å². The summed E-state index contributed by atoms with van der Waals surface area (Å²) in [7, 11) is 0. The van der Waals surface area contributed by atoms with Crippen LogP contribution in [0.1, 0.15) is 0 Å². The molecule has 0 N–H and O–H groups in total. The molecule has 0 aromatic heterocycles. The Morgan fingerprint density at radius 3 is 2.75 bits per heavy atom. The third kappa shape index (κ3) is 0.846. The first-order chi connectivity index (χ1) is 3.93. The molecule has 0 radical (unpaired) electrons. The second-order valence-corrected chi connectivity index (χ2v) is 1.42. The van der Waals surface area contributed by atoms with E-state index in [9.17, 15) is 0 Å². The number of allylic oxidation sites excluding steroid dienone is 6. The van der Waals surface area contributed by atoms with Crippen LogP contribution in [-0.2, 0) is 0 Å². The third-order valence-electron chi connectivity index (χ3n) is 0.865. The van der Waals surface area contributed by atoms with Gasteiger partial charge in [0.15, 0.2) is 0 Å². The van der Waals surface area contributed by atoms with Crippen molar-refractivity contribution in [3.8, 4) is 12.3 Å². The van der Waals surface area contributed by atoms with Crippen molar-refractivity contribution < 1.29 is 0 Å². The van der Waals surface area contributed by atoms with Crippen LogP contribution in [0.2, 0.25) is 0 Å². The van der Waals surface area contributed by atoms with E-state index in [2.05, 4.69) is 12.0 Å². The average molecular weight is 101 g/mol. The van der Waals surface area contributed by atoms with Crippen molar-refractivity contribution >= 4 is 0 Å². The van der Waals surface area contributed by atoms with Crippen LogP contribution in [0.15, 0.2) is 29.9 Å². The van der Waals surface area contributed by atoms with Crippen LogP contribution in [-0.4, -0.2) is 0 Å². The molecule has 1 rings (SSSR count). The molecule has 1 aliphatic carbocycles. The molecule has 0 bridgehead atoms. The number of hydrogen-bond donors (Lipinski definition) is 0. The van der Waals surface area contributed by atoms with Crippen LogP contribution < -0.4 is 0 Å². The van der Waals surface area contributed by atoms with Crippen molar-refractivity contribution in [1.82, 2.24) is 0 Å². The molecule has 0 spiro atoms. The summed E-state index contributed by atoms with van der Waals surface area (Å²) in [6.45, 7) is 0. The Balaban J connectivity index is 2.88. The average Bonchev–Trinajstić information content (AvgIpc) is 1.90. The lowest BCUT2D eigenvalue weighted by molar-refractivity contribution is 1.64. The fourth-order valence-corrected chi connectivity index (χ4v) is 0.483. The monoisotopic (exact) mass is 101 g/mol. The van der Waals surface area contributed by atoms with E-state index in [1.807, 2.05) is 18.2 Å². The van der Waals surface area contributed by atoms with E-state index in [1.165, 1.54) is 0 Å². The van der Waals surface area contributed by atoms with Gasteiger partial charge in [-0.05, 0) is 0 Å². The highest BCUT2D eigenvalue weighted by Crippen LogP contribution is 1.98. The van der Waals surface area contributed by atoms with E-state index in [-0.39, 0.29) is 0 Å². The number of hydrogen-bond acceptors (Lipinski definition) is 0. The summed E-state index contributed by atoms with van der Waals surface area (Å²) in [5.41, 5.74) is 0.813. The second-order valence-electron chi connectivity index (χ2n) is 1.42. The van der Waals surface area contributed by atoms with Gasteiger partial charge in [-0.25, -0.2) is 0 Å². The van der Waals surface area contributed by atoms with Gasteiger partial charge in [0.1, 0.15) is 0 Å². The molecule has 0 atom stereocenters. The van der Waals surface area contributed by atoms with Gasteiger partial charge in [0.2, 0.25) is 5.57 Å². The van der Waals surface area contributed by atoms with E-state index in [0.717, 1.165) is 5.57 Å². The molecule has 0 aliphatic heterocycles. The highest BCUT2D eigenvalue weighted by Gasteiger charge is 1.95. The summed E-state index contributed by atoms with van der Waals surface area (Å²) in [5, 5.41) is 0. The van der Waals surface area contributed by atoms with Gasteiger partial charge in [-0.15, -0.1) is 0 Å². The fourth-order valence-electron chi connectivity index (χ4n) is 0.483. The zero-order valence-electron chi connectivity index (χ0n) is 4.39. The first-order valence-electron chi connectivity index (χ1n) is 2.37.